The summed E-state index contributed by atoms with van der Waals surface area (Å²) in [5, 5.41) is 0. The Kier molecular flexibility index (Phi) is 7.41. The number of ether oxygens (including phenoxy) is 3. The van der Waals surface area contributed by atoms with Gasteiger partial charge in [-0.05, 0) is 154 Å². The zero-order valence-electron chi connectivity index (χ0n) is 26.7. The fraction of sp³-hybridized carbons (Fsp3) is 0.912. The van der Waals surface area contributed by atoms with Crippen LogP contribution in [0.4, 0.5) is 4.79 Å². The SMILES string of the molecule is CC(C)(C)OC[C@@](N=C=O)(C(=O)OC(C)(C)C)N(C(=O)OCC12CC3CC(CC(C3)C1)C2)C12CC3CC(CC(C3)C1)C2. The van der Waals surface area contributed by atoms with Gasteiger partial charge >= 0.3 is 12.1 Å². The van der Waals surface area contributed by atoms with Crippen LogP contribution in [0.15, 0.2) is 4.99 Å². The van der Waals surface area contributed by atoms with Gasteiger partial charge in [0, 0.05) is 5.41 Å². The Labute approximate surface area is 251 Å². The van der Waals surface area contributed by atoms with Crippen molar-refractivity contribution < 1.29 is 28.6 Å². The molecule has 8 bridgehead atoms. The molecule has 0 aromatic rings. The second kappa shape index (κ2) is 10.3. The molecule has 8 aliphatic rings. The number of aliphatic imine (C=N–C) groups is 1. The van der Waals surface area contributed by atoms with Crippen molar-refractivity contribution in [3.63, 3.8) is 0 Å². The molecule has 0 N–H and O–H groups in total. The molecule has 8 rings (SSSR count). The molecular weight excluding hydrogens is 532 g/mol. The Balaban J connectivity index is 1.39. The molecular formula is C34H52N2O6. The normalized spacial score (nSPS) is 39.4. The average molecular weight is 585 g/mol. The lowest BCUT2D eigenvalue weighted by Crippen LogP contribution is -2.72. The molecule has 0 radical (unpaired) electrons. The maximum absolute atomic E-state index is 14.7. The van der Waals surface area contributed by atoms with Gasteiger partial charge < -0.3 is 14.2 Å². The quantitative estimate of drug-likeness (QED) is 0.177. The van der Waals surface area contributed by atoms with E-state index >= 15 is 0 Å². The highest BCUT2D eigenvalue weighted by Gasteiger charge is 2.64. The van der Waals surface area contributed by atoms with Gasteiger partial charge in [0.05, 0.1) is 17.7 Å². The maximum Gasteiger partial charge on any atom is 0.412 e. The minimum absolute atomic E-state index is 0.0158. The number of esters is 1. The molecule has 0 aromatic carbocycles. The Hall–Kier alpha value is -1.92. The second-order valence-electron chi connectivity index (χ2n) is 17.4. The minimum Gasteiger partial charge on any atom is -0.457 e. The van der Waals surface area contributed by atoms with Crippen LogP contribution in [-0.4, -0.2) is 58.7 Å². The Morgan fingerprint density at radius 3 is 1.62 bits per heavy atom. The van der Waals surface area contributed by atoms with Crippen LogP contribution in [0.3, 0.4) is 0 Å². The molecule has 0 saturated heterocycles. The fourth-order valence-electron chi connectivity index (χ4n) is 10.9. The van der Waals surface area contributed by atoms with Crippen LogP contribution in [0.1, 0.15) is 119 Å². The van der Waals surface area contributed by atoms with Gasteiger partial charge in [0.25, 0.3) is 5.66 Å². The van der Waals surface area contributed by atoms with Crippen molar-refractivity contribution in [2.24, 2.45) is 45.9 Å². The topological polar surface area (TPSA) is 94.5 Å². The number of carbonyl (C=O) groups excluding carboxylic acids is 3. The first-order valence-corrected chi connectivity index (χ1v) is 16.6. The van der Waals surface area contributed by atoms with Gasteiger partial charge in [-0.25, -0.2) is 14.4 Å². The molecule has 8 saturated carbocycles. The average Bonchev–Trinajstić information content (AvgIpc) is 2.83. The largest absolute Gasteiger partial charge is 0.457 e. The molecule has 1 atom stereocenters. The molecule has 0 heterocycles. The fourth-order valence-corrected chi connectivity index (χ4v) is 10.9. The summed E-state index contributed by atoms with van der Waals surface area (Å²) in [6, 6.07) is 0. The minimum atomic E-state index is -2.02. The van der Waals surface area contributed by atoms with Crippen molar-refractivity contribution >= 4 is 18.1 Å². The van der Waals surface area contributed by atoms with E-state index in [1.54, 1.807) is 31.8 Å². The van der Waals surface area contributed by atoms with E-state index < -0.39 is 34.5 Å². The third kappa shape index (κ3) is 5.67. The predicted octanol–water partition coefficient (Wildman–Crippen LogP) is 6.80. The maximum atomic E-state index is 14.7. The predicted molar refractivity (Wildman–Crippen MR) is 157 cm³/mol. The van der Waals surface area contributed by atoms with Crippen LogP contribution in [0.5, 0.6) is 0 Å². The summed E-state index contributed by atoms with van der Waals surface area (Å²) in [6.45, 7) is 11.1. The molecule has 0 spiro atoms. The zero-order valence-corrected chi connectivity index (χ0v) is 26.7. The van der Waals surface area contributed by atoms with E-state index in [2.05, 4.69) is 4.99 Å². The highest BCUT2D eigenvalue weighted by atomic mass is 16.6. The molecule has 234 valence electrons. The molecule has 0 aromatic heterocycles. The summed E-state index contributed by atoms with van der Waals surface area (Å²) >= 11 is 0. The second-order valence-corrected chi connectivity index (χ2v) is 17.4. The third-order valence-corrected chi connectivity index (χ3v) is 11.4. The number of carbonyl (C=O) groups is 2. The smallest absolute Gasteiger partial charge is 0.412 e. The van der Waals surface area contributed by atoms with Gasteiger partial charge in [0.1, 0.15) is 12.2 Å². The molecule has 42 heavy (non-hydrogen) atoms. The Bertz CT molecular complexity index is 1060. The number of hydrogen-bond donors (Lipinski definition) is 0. The first kappa shape index (κ1) is 30.1. The van der Waals surface area contributed by atoms with Gasteiger partial charge in [-0.15, -0.1) is 0 Å². The molecule has 8 nitrogen and oxygen atoms in total. The summed E-state index contributed by atoms with van der Waals surface area (Å²) in [4.78, 5) is 47.1. The van der Waals surface area contributed by atoms with Crippen molar-refractivity contribution in [3.8, 4) is 0 Å². The van der Waals surface area contributed by atoms with Crippen molar-refractivity contribution in [2.45, 2.75) is 141 Å². The van der Waals surface area contributed by atoms with E-state index in [1.165, 1.54) is 19.3 Å². The van der Waals surface area contributed by atoms with Crippen LogP contribution in [0.2, 0.25) is 0 Å². The summed E-state index contributed by atoms with van der Waals surface area (Å²) in [7, 11) is 0. The first-order valence-electron chi connectivity index (χ1n) is 16.6. The van der Waals surface area contributed by atoms with E-state index in [4.69, 9.17) is 14.2 Å². The van der Waals surface area contributed by atoms with E-state index in [-0.39, 0.29) is 12.0 Å². The van der Waals surface area contributed by atoms with Gasteiger partial charge in [-0.2, -0.15) is 4.99 Å². The molecule has 8 fully saturated rings. The number of nitrogens with zero attached hydrogens (tertiary/aromatic N) is 2. The van der Waals surface area contributed by atoms with E-state index in [0.717, 1.165) is 75.5 Å². The van der Waals surface area contributed by atoms with Crippen LogP contribution < -0.4 is 0 Å². The highest BCUT2D eigenvalue weighted by Crippen LogP contribution is 2.61. The van der Waals surface area contributed by atoms with Crippen LogP contribution in [0.25, 0.3) is 0 Å². The molecule has 0 unspecified atom stereocenters. The van der Waals surface area contributed by atoms with Crippen molar-refractivity contribution in [1.82, 2.24) is 4.90 Å². The zero-order chi connectivity index (χ0) is 30.1. The van der Waals surface area contributed by atoms with Crippen molar-refractivity contribution in [3.05, 3.63) is 0 Å². The van der Waals surface area contributed by atoms with Gasteiger partial charge in [-0.1, -0.05) is 0 Å². The van der Waals surface area contributed by atoms with Crippen LogP contribution >= 0.6 is 0 Å². The number of rotatable bonds is 8. The molecule has 8 heteroatoms. The lowest BCUT2D eigenvalue weighted by Gasteiger charge is -2.62. The van der Waals surface area contributed by atoms with Crippen molar-refractivity contribution in [2.75, 3.05) is 13.2 Å². The monoisotopic (exact) mass is 584 g/mol. The molecule has 8 aliphatic carbocycles. The number of hydrogen-bond acceptors (Lipinski definition) is 7. The van der Waals surface area contributed by atoms with Gasteiger partial charge in [0.2, 0.25) is 6.08 Å². The Morgan fingerprint density at radius 1 is 0.762 bits per heavy atom. The van der Waals surface area contributed by atoms with Crippen LogP contribution in [0, 0.1) is 40.9 Å². The van der Waals surface area contributed by atoms with Gasteiger partial charge in [-0.3, -0.25) is 4.90 Å². The molecule has 1 amide bonds. The first-order chi connectivity index (χ1) is 19.6. The van der Waals surface area contributed by atoms with E-state index in [9.17, 15) is 14.4 Å². The lowest BCUT2D eigenvalue weighted by molar-refractivity contribution is -0.193. The van der Waals surface area contributed by atoms with Gasteiger partial charge in [0.15, 0.2) is 0 Å². The molecule has 0 aliphatic heterocycles. The summed E-state index contributed by atoms with van der Waals surface area (Å²) in [6.07, 6.45) is 14.2. The Morgan fingerprint density at radius 2 is 1.21 bits per heavy atom. The van der Waals surface area contributed by atoms with E-state index in [1.807, 2.05) is 20.8 Å². The summed E-state index contributed by atoms with van der Waals surface area (Å²) in [5.74, 6) is 2.88. The number of amides is 1. The van der Waals surface area contributed by atoms with Crippen LogP contribution in [-0.2, 0) is 23.8 Å². The number of isocyanates is 1. The standard InChI is InChI=1S/C34H52N2O6/c1-30(2,3)41-20-34(35-21-37,28(38)42-31(4,5)6)36(33-16-25-10-26(17-33)12-27(11-25)18-33)29(39)40-19-32-13-22-7-23(14-32)9-24(8-22)15-32/h22-27H,7-20H2,1-6H3/t22?,23?,24?,25?,26?,27?,32?,33?,34-/m0/s1. The lowest BCUT2D eigenvalue weighted by atomic mass is 9.50. The van der Waals surface area contributed by atoms with Crippen molar-refractivity contribution in [1.29, 1.82) is 0 Å². The third-order valence-electron chi connectivity index (χ3n) is 11.4. The summed E-state index contributed by atoms with van der Waals surface area (Å²) < 4.78 is 18.6. The summed E-state index contributed by atoms with van der Waals surface area (Å²) in [5.41, 5.74) is -4.17. The van der Waals surface area contributed by atoms with E-state index in [0.29, 0.717) is 24.4 Å². The highest BCUT2D eigenvalue weighted by molar-refractivity contribution is 5.87.